The molecule has 0 radical (unpaired) electrons. The number of carbonyl (C=O) groups is 2. The first-order valence-corrected chi connectivity index (χ1v) is 16.9. The molecule has 0 bridgehead atoms. The van der Waals surface area contributed by atoms with Gasteiger partial charge in [-0.3, -0.25) is 13.9 Å². The van der Waals surface area contributed by atoms with Crippen molar-refractivity contribution >= 4 is 50.7 Å². The summed E-state index contributed by atoms with van der Waals surface area (Å²) < 4.78 is 29.2. The molecule has 1 N–H and O–H groups in total. The van der Waals surface area contributed by atoms with Crippen molar-refractivity contribution in [2.24, 2.45) is 0 Å². The van der Waals surface area contributed by atoms with E-state index < -0.39 is 28.5 Å². The maximum absolute atomic E-state index is 14.5. The van der Waals surface area contributed by atoms with Crippen LogP contribution in [0.5, 0.6) is 0 Å². The first kappa shape index (κ1) is 34.0. The predicted octanol–water partition coefficient (Wildman–Crippen LogP) is 7.05. The van der Waals surface area contributed by atoms with Crippen molar-refractivity contribution in [1.29, 1.82) is 0 Å². The molecule has 0 fully saturated rings. The number of nitrogens with zero attached hydrogens (tertiary/aromatic N) is 2. The van der Waals surface area contributed by atoms with E-state index in [0.717, 1.165) is 21.0 Å². The fraction of sp³-hybridized carbons (Fsp3) is 0.257. The van der Waals surface area contributed by atoms with Gasteiger partial charge in [0.1, 0.15) is 12.6 Å². The average molecular weight is 667 g/mol. The fourth-order valence-corrected chi connectivity index (χ4v) is 6.75. The predicted molar refractivity (Wildman–Crippen MR) is 181 cm³/mol. The fourth-order valence-electron chi connectivity index (χ4n) is 4.82. The number of carbonyl (C=O) groups excluding carboxylic acids is 2. The van der Waals surface area contributed by atoms with Crippen molar-refractivity contribution < 1.29 is 18.0 Å². The summed E-state index contributed by atoms with van der Waals surface area (Å²) in [6.07, 6.45) is 0.934. The number of nitrogens with one attached hydrogen (secondary N) is 1. The lowest BCUT2D eigenvalue weighted by Gasteiger charge is -2.34. The second kappa shape index (κ2) is 15.4. The smallest absolute Gasteiger partial charge is 0.264 e. The summed E-state index contributed by atoms with van der Waals surface area (Å²) in [5.74, 6) is -0.886. The Bertz CT molecular complexity index is 1680. The first-order chi connectivity index (χ1) is 21.5. The normalized spacial score (nSPS) is 12.6. The van der Waals surface area contributed by atoms with E-state index in [1.54, 1.807) is 18.2 Å². The third kappa shape index (κ3) is 9.10. The topological polar surface area (TPSA) is 86.8 Å². The second-order valence-electron chi connectivity index (χ2n) is 11.0. The molecule has 0 saturated carbocycles. The molecule has 0 aliphatic carbocycles. The Morgan fingerprint density at radius 3 is 1.98 bits per heavy atom. The van der Waals surface area contributed by atoms with Crippen LogP contribution in [0.1, 0.15) is 37.0 Å². The Kier molecular flexibility index (Phi) is 11.7. The van der Waals surface area contributed by atoms with Crippen molar-refractivity contribution in [2.75, 3.05) is 10.8 Å². The molecule has 4 aromatic carbocycles. The largest absolute Gasteiger partial charge is 0.352 e. The van der Waals surface area contributed by atoms with Gasteiger partial charge >= 0.3 is 0 Å². The van der Waals surface area contributed by atoms with Crippen molar-refractivity contribution in [3.05, 3.63) is 130 Å². The molecule has 4 aromatic rings. The lowest BCUT2D eigenvalue weighted by Crippen LogP contribution is -2.54. The van der Waals surface area contributed by atoms with Gasteiger partial charge in [0.25, 0.3) is 10.0 Å². The Hall–Kier alpha value is -3.85. The van der Waals surface area contributed by atoms with E-state index in [1.807, 2.05) is 75.4 Å². The minimum atomic E-state index is -4.25. The summed E-state index contributed by atoms with van der Waals surface area (Å²) in [4.78, 5) is 29.9. The molecule has 0 aliphatic rings. The second-order valence-corrected chi connectivity index (χ2v) is 13.7. The number of rotatable bonds is 13. The van der Waals surface area contributed by atoms with E-state index in [-0.39, 0.29) is 45.5 Å². The summed E-state index contributed by atoms with van der Waals surface area (Å²) in [5, 5.41) is 3.46. The number of amides is 2. The highest BCUT2D eigenvalue weighted by Crippen LogP contribution is 2.30. The van der Waals surface area contributed by atoms with Gasteiger partial charge in [0.05, 0.1) is 10.6 Å². The molecule has 0 spiro atoms. The summed E-state index contributed by atoms with van der Waals surface area (Å²) in [6, 6.07) is 28.3. The average Bonchev–Trinajstić information content (AvgIpc) is 3.02. The van der Waals surface area contributed by atoms with E-state index >= 15 is 0 Å². The molecule has 236 valence electrons. The minimum absolute atomic E-state index is 0.00525. The summed E-state index contributed by atoms with van der Waals surface area (Å²) in [5.41, 5.74) is 2.83. The van der Waals surface area contributed by atoms with Gasteiger partial charge < -0.3 is 10.2 Å². The maximum atomic E-state index is 14.5. The molecule has 0 heterocycles. The van der Waals surface area contributed by atoms with Crippen molar-refractivity contribution in [3.63, 3.8) is 0 Å². The molecule has 45 heavy (non-hydrogen) atoms. The third-order valence-corrected chi connectivity index (χ3v) is 9.72. The molecule has 2 atom stereocenters. The number of benzene rings is 4. The van der Waals surface area contributed by atoms with E-state index in [9.17, 15) is 18.0 Å². The minimum Gasteiger partial charge on any atom is -0.352 e. The molecular weight excluding hydrogens is 629 g/mol. The highest BCUT2D eigenvalue weighted by molar-refractivity contribution is 7.92. The molecule has 0 aromatic heterocycles. The van der Waals surface area contributed by atoms with Gasteiger partial charge in [-0.05, 0) is 61.7 Å². The molecule has 7 nitrogen and oxygen atoms in total. The highest BCUT2D eigenvalue weighted by atomic mass is 35.5. The van der Waals surface area contributed by atoms with Gasteiger partial charge in [0.2, 0.25) is 11.8 Å². The van der Waals surface area contributed by atoms with Crippen LogP contribution in [0.15, 0.2) is 108 Å². The van der Waals surface area contributed by atoms with Crippen molar-refractivity contribution in [2.45, 2.75) is 57.1 Å². The lowest BCUT2D eigenvalue weighted by atomic mass is 10.0. The Morgan fingerprint density at radius 2 is 1.40 bits per heavy atom. The number of aryl methyl sites for hydroxylation is 1. The van der Waals surface area contributed by atoms with Crippen LogP contribution in [-0.2, 0) is 32.6 Å². The summed E-state index contributed by atoms with van der Waals surface area (Å²) in [7, 11) is -4.25. The third-order valence-electron chi connectivity index (χ3n) is 7.49. The van der Waals surface area contributed by atoms with Crippen LogP contribution in [0.2, 0.25) is 10.0 Å². The number of hydrogen-bond acceptors (Lipinski definition) is 4. The zero-order valence-electron chi connectivity index (χ0n) is 25.5. The van der Waals surface area contributed by atoms with Gasteiger partial charge in [0.15, 0.2) is 0 Å². The van der Waals surface area contributed by atoms with Crippen LogP contribution in [-0.4, -0.2) is 43.8 Å². The quantitative estimate of drug-likeness (QED) is 0.166. The Morgan fingerprint density at radius 1 is 0.822 bits per heavy atom. The number of sulfonamides is 1. The summed E-state index contributed by atoms with van der Waals surface area (Å²) >= 11 is 12.6. The number of anilines is 1. The SMILES string of the molecule is CCC(C)NC(=O)C(Cc1ccccc1)N(Cc1ccc(C)cc1)C(=O)CN(c1cc(Cl)cc(Cl)c1)S(=O)(=O)c1ccccc1. The standard InChI is InChI=1S/C35H37Cl2N3O4S/c1-4-26(3)38-35(42)33(19-27-11-7-5-8-12-27)39(23-28-17-15-25(2)16-18-28)34(41)24-40(31-21-29(36)20-30(37)22-31)45(43,44)32-13-9-6-10-14-32/h5-18,20-22,26,33H,4,19,23-24H2,1-3H3,(H,38,42). The van der Waals surface area contributed by atoms with Gasteiger partial charge in [-0.2, -0.15) is 0 Å². The van der Waals surface area contributed by atoms with Crippen LogP contribution in [0.25, 0.3) is 0 Å². The monoisotopic (exact) mass is 665 g/mol. The van der Waals surface area contributed by atoms with E-state index in [2.05, 4.69) is 5.32 Å². The van der Waals surface area contributed by atoms with Crippen LogP contribution in [0.3, 0.4) is 0 Å². The number of halogens is 2. The van der Waals surface area contributed by atoms with Crippen LogP contribution in [0.4, 0.5) is 5.69 Å². The molecule has 10 heteroatoms. The maximum Gasteiger partial charge on any atom is 0.264 e. The van der Waals surface area contributed by atoms with E-state index in [1.165, 1.54) is 35.2 Å². The van der Waals surface area contributed by atoms with Crippen molar-refractivity contribution in [1.82, 2.24) is 10.2 Å². The van der Waals surface area contributed by atoms with Gasteiger partial charge in [-0.15, -0.1) is 0 Å². The van der Waals surface area contributed by atoms with Gasteiger partial charge in [-0.1, -0.05) is 108 Å². The van der Waals surface area contributed by atoms with Crippen LogP contribution in [0, 0.1) is 6.92 Å². The van der Waals surface area contributed by atoms with E-state index in [0.29, 0.717) is 6.42 Å². The molecular formula is C35H37Cl2N3O4S. The molecule has 2 unspecified atom stereocenters. The number of hydrogen-bond donors (Lipinski definition) is 1. The van der Waals surface area contributed by atoms with Crippen LogP contribution >= 0.6 is 23.2 Å². The van der Waals surface area contributed by atoms with Gasteiger partial charge in [0, 0.05) is 29.1 Å². The highest BCUT2D eigenvalue weighted by Gasteiger charge is 2.35. The molecule has 0 saturated heterocycles. The van der Waals surface area contributed by atoms with Crippen LogP contribution < -0.4 is 9.62 Å². The zero-order chi connectivity index (χ0) is 32.6. The molecule has 4 rings (SSSR count). The Labute approximate surface area is 275 Å². The van der Waals surface area contributed by atoms with Crippen molar-refractivity contribution in [3.8, 4) is 0 Å². The molecule has 0 aliphatic heterocycles. The first-order valence-electron chi connectivity index (χ1n) is 14.7. The molecule has 2 amide bonds. The lowest BCUT2D eigenvalue weighted by molar-refractivity contribution is -0.140. The zero-order valence-corrected chi connectivity index (χ0v) is 27.8. The summed E-state index contributed by atoms with van der Waals surface area (Å²) in [6.45, 7) is 5.32. The van der Waals surface area contributed by atoms with Gasteiger partial charge in [-0.25, -0.2) is 8.42 Å². The van der Waals surface area contributed by atoms with E-state index in [4.69, 9.17) is 23.2 Å². The Balaban J connectivity index is 1.82.